The minimum atomic E-state index is 0. The zero-order chi connectivity index (χ0) is 16.2. The fourth-order valence-corrected chi connectivity index (χ4v) is 3.77. The highest BCUT2D eigenvalue weighted by Gasteiger charge is 2.24. The van der Waals surface area contributed by atoms with Crippen molar-refractivity contribution >= 4 is 24.8 Å². The zero-order valence-corrected chi connectivity index (χ0v) is 16.7. The molecule has 26 heavy (non-hydrogen) atoms. The number of rotatable bonds is 4. The van der Waals surface area contributed by atoms with Gasteiger partial charge in [0.05, 0.1) is 0 Å². The Balaban J connectivity index is 0.00000121. The van der Waals surface area contributed by atoms with E-state index in [0.717, 1.165) is 57.9 Å². The smallest absolute Gasteiger partial charge is 0.122 e. The molecule has 2 heterocycles. The lowest BCUT2D eigenvalue weighted by molar-refractivity contribution is 0.0722. The van der Waals surface area contributed by atoms with Gasteiger partial charge in [0.15, 0.2) is 0 Å². The number of hydrogen-bond acceptors (Lipinski definition) is 3. The van der Waals surface area contributed by atoms with Gasteiger partial charge in [-0.25, -0.2) is 0 Å². The molecule has 0 spiro atoms. The van der Waals surface area contributed by atoms with Gasteiger partial charge in [-0.05, 0) is 30.0 Å². The minimum absolute atomic E-state index is 0. The lowest BCUT2D eigenvalue weighted by Gasteiger charge is -2.37. The van der Waals surface area contributed by atoms with Crippen LogP contribution in [0.4, 0.5) is 0 Å². The second-order valence-corrected chi connectivity index (χ2v) is 6.95. The summed E-state index contributed by atoms with van der Waals surface area (Å²) in [5.74, 6) is 1.09. The number of halogens is 2. The molecule has 1 saturated heterocycles. The summed E-state index contributed by atoms with van der Waals surface area (Å²) in [5, 5.41) is 0. The van der Waals surface area contributed by atoms with E-state index in [1.54, 1.807) is 0 Å². The normalized spacial score (nSPS) is 20.2. The summed E-state index contributed by atoms with van der Waals surface area (Å²) in [6.07, 6.45) is 2.64. The molecule has 1 unspecified atom stereocenters. The highest BCUT2D eigenvalue weighted by molar-refractivity contribution is 5.85. The summed E-state index contributed by atoms with van der Waals surface area (Å²) in [6.45, 7) is 6.73. The largest absolute Gasteiger partial charge is 0.489 e. The summed E-state index contributed by atoms with van der Waals surface area (Å²) in [4.78, 5) is 5.13. The van der Waals surface area contributed by atoms with Gasteiger partial charge < -0.3 is 4.74 Å². The van der Waals surface area contributed by atoms with Crippen molar-refractivity contribution in [2.45, 2.75) is 25.5 Å². The van der Waals surface area contributed by atoms with Crippen molar-refractivity contribution < 1.29 is 4.74 Å². The molecule has 3 nitrogen and oxygen atoms in total. The Kier molecular flexibility index (Phi) is 8.23. The number of aryl methyl sites for hydroxylation is 1. The van der Waals surface area contributed by atoms with Crippen molar-refractivity contribution in [2.24, 2.45) is 0 Å². The maximum atomic E-state index is 6.20. The first kappa shape index (κ1) is 21.0. The molecule has 1 fully saturated rings. The van der Waals surface area contributed by atoms with Gasteiger partial charge in [-0.3, -0.25) is 9.80 Å². The highest BCUT2D eigenvalue weighted by atomic mass is 35.5. The molecule has 0 radical (unpaired) electrons. The van der Waals surface area contributed by atoms with Crippen LogP contribution in [0.3, 0.4) is 0 Å². The van der Waals surface area contributed by atoms with Crippen molar-refractivity contribution in [2.75, 3.05) is 32.7 Å². The van der Waals surface area contributed by atoms with E-state index in [0.29, 0.717) is 6.10 Å². The molecule has 142 valence electrons. The molecular formula is C21H28Cl2N2O. The Bertz CT molecular complexity index is 660. The molecule has 0 aromatic heterocycles. The molecule has 1 atom stereocenters. The molecule has 4 rings (SSSR count). The molecule has 0 aliphatic carbocycles. The first-order chi connectivity index (χ1) is 11.9. The number of para-hydroxylation sites is 1. The number of hydrogen-bond donors (Lipinski definition) is 0. The Labute approximate surface area is 169 Å². The summed E-state index contributed by atoms with van der Waals surface area (Å²) in [7, 11) is 0. The lowest BCUT2D eigenvalue weighted by atomic mass is 10.0. The van der Waals surface area contributed by atoms with Crippen LogP contribution in [0.15, 0.2) is 54.6 Å². The molecule has 2 aromatic carbocycles. The number of ether oxygens (including phenoxy) is 1. The zero-order valence-electron chi connectivity index (χ0n) is 15.0. The third-order valence-corrected chi connectivity index (χ3v) is 5.18. The molecule has 0 N–H and O–H groups in total. The Morgan fingerprint density at radius 3 is 2.23 bits per heavy atom. The van der Waals surface area contributed by atoms with Crippen molar-refractivity contribution in [3.63, 3.8) is 0 Å². The van der Waals surface area contributed by atoms with Crippen molar-refractivity contribution in [1.29, 1.82) is 0 Å². The van der Waals surface area contributed by atoms with Gasteiger partial charge in [0.25, 0.3) is 0 Å². The second kappa shape index (κ2) is 10.2. The van der Waals surface area contributed by atoms with Gasteiger partial charge in [-0.1, -0.05) is 48.5 Å². The quantitative estimate of drug-likeness (QED) is 0.777. The van der Waals surface area contributed by atoms with Crippen LogP contribution in [0, 0.1) is 0 Å². The number of nitrogens with zero attached hydrogens (tertiary/aromatic N) is 2. The predicted octanol–water partition coefficient (Wildman–Crippen LogP) is 4.04. The Morgan fingerprint density at radius 2 is 1.46 bits per heavy atom. The van der Waals surface area contributed by atoms with Gasteiger partial charge in [-0.15, -0.1) is 24.8 Å². The van der Waals surface area contributed by atoms with E-state index in [4.69, 9.17) is 4.74 Å². The number of fused-ring (bicyclic) bond motifs is 1. The molecule has 0 saturated carbocycles. The average molecular weight is 395 g/mol. The molecule has 2 aliphatic heterocycles. The van der Waals surface area contributed by atoms with Crippen molar-refractivity contribution in [1.82, 2.24) is 9.80 Å². The van der Waals surface area contributed by atoms with Crippen molar-refractivity contribution in [3.8, 4) is 5.75 Å². The van der Waals surface area contributed by atoms with Crippen LogP contribution in [0.1, 0.15) is 17.5 Å². The van der Waals surface area contributed by atoms with E-state index in [2.05, 4.69) is 64.4 Å². The van der Waals surface area contributed by atoms with Crippen LogP contribution in [0.2, 0.25) is 0 Å². The van der Waals surface area contributed by atoms with E-state index in [-0.39, 0.29) is 24.8 Å². The molecule has 2 aromatic rings. The average Bonchev–Trinajstić information content (AvgIpc) is 2.64. The van der Waals surface area contributed by atoms with Crippen LogP contribution in [0.5, 0.6) is 5.75 Å². The third kappa shape index (κ3) is 5.37. The van der Waals surface area contributed by atoms with Gasteiger partial charge in [0.2, 0.25) is 0 Å². The Morgan fingerprint density at radius 1 is 0.808 bits per heavy atom. The maximum Gasteiger partial charge on any atom is 0.122 e. The van der Waals surface area contributed by atoms with Crippen molar-refractivity contribution in [3.05, 3.63) is 65.7 Å². The molecular weight excluding hydrogens is 367 g/mol. The van der Waals surface area contributed by atoms with Crippen LogP contribution in [-0.4, -0.2) is 48.6 Å². The van der Waals surface area contributed by atoms with Gasteiger partial charge in [0.1, 0.15) is 11.9 Å². The monoisotopic (exact) mass is 394 g/mol. The Hall–Kier alpha value is -1.26. The van der Waals surface area contributed by atoms with Gasteiger partial charge in [-0.2, -0.15) is 0 Å². The van der Waals surface area contributed by atoms with E-state index in [1.165, 1.54) is 11.1 Å². The second-order valence-electron chi connectivity index (χ2n) is 6.95. The molecule has 5 heteroatoms. The van der Waals surface area contributed by atoms with Crippen LogP contribution in [-0.2, 0) is 13.0 Å². The predicted molar refractivity (Wildman–Crippen MR) is 112 cm³/mol. The summed E-state index contributed by atoms with van der Waals surface area (Å²) < 4.78 is 6.20. The SMILES string of the molecule is Cl.Cl.c1ccc(CN2CCN(CC3CCc4ccccc4O3)CC2)cc1. The summed E-state index contributed by atoms with van der Waals surface area (Å²) in [6, 6.07) is 19.3. The van der Waals surface area contributed by atoms with Crippen LogP contribution >= 0.6 is 24.8 Å². The molecule has 0 amide bonds. The van der Waals surface area contributed by atoms with Gasteiger partial charge in [0, 0.05) is 39.3 Å². The summed E-state index contributed by atoms with van der Waals surface area (Å²) in [5.41, 5.74) is 2.78. The van der Waals surface area contributed by atoms with E-state index in [1.807, 2.05) is 0 Å². The van der Waals surface area contributed by atoms with E-state index < -0.39 is 0 Å². The molecule has 0 bridgehead atoms. The number of benzene rings is 2. The van der Waals surface area contributed by atoms with E-state index >= 15 is 0 Å². The standard InChI is InChI=1S/C21H26N2O.2ClH/c1-2-6-18(7-3-1)16-22-12-14-23(15-13-22)17-20-11-10-19-8-4-5-9-21(19)24-20;;/h1-9,20H,10-17H2;2*1H. The first-order valence-electron chi connectivity index (χ1n) is 9.10. The minimum Gasteiger partial charge on any atom is -0.489 e. The number of piperazine rings is 1. The fourth-order valence-electron chi connectivity index (χ4n) is 3.77. The maximum absolute atomic E-state index is 6.20. The van der Waals surface area contributed by atoms with Crippen LogP contribution < -0.4 is 4.74 Å². The van der Waals surface area contributed by atoms with Crippen LogP contribution in [0.25, 0.3) is 0 Å². The van der Waals surface area contributed by atoms with Gasteiger partial charge >= 0.3 is 0 Å². The molecule has 2 aliphatic rings. The highest BCUT2D eigenvalue weighted by Crippen LogP contribution is 2.27. The lowest BCUT2D eigenvalue weighted by Crippen LogP contribution is -2.49. The topological polar surface area (TPSA) is 15.7 Å². The van der Waals surface area contributed by atoms with E-state index in [9.17, 15) is 0 Å². The first-order valence-corrected chi connectivity index (χ1v) is 9.10. The summed E-state index contributed by atoms with van der Waals surface area (Å²) >= 11 is 0. The third-order valence-electron chi connectivity index (χ3n) is 5.18. The fraction of sp³-hybridized carbons (Fsp3) is 0.429.